The molecule has 3 heterocycles. The average molecular weight is 556 g/mol. The monoisotopic (exact) mass is 555 g/mol. The Labute approximate surface area is 238 Å². The van der Waals surface area contributed by atoms with Gasteiger partial charge in [-0.1, -0.05) is 43.3 Å². The van der Waals surface area contributed by atoms with Gasteiger partial charge >= 0.3 is 0 Å². The number of hydrogen-bond acceptors (Lipinski definition) is 4. The molecule has 1 aromatic heterocycles. The summed E-state index contributed by atoms with van der Waals surface area (Å²) in [5.74, 6) is 0.561. The fraction of sp³-hybridized carbons (Fsp3) is 0.333. The minimum absolute atomic E-state index is 0.0147. The zero-order valence-corrected chi connectivity index (χ0v) is 23.6. The number of carbonyl (C=O) groups excluding carboxylic acids is 2. The molecule has 1 unspecified atom stereocenters. The highest BCUT2D eigenvalue weighted by Crippen LogP contribution is 2.49. The van der Waals surface area contributed by atoms with Gasteiger partial charge in [-0.15, -0.1) is 0 Å². The molecular weight excluding hydrogens is 521 g/mol. The lowest BCUT2D eigenvalue weighted by Gasteiger charge is -2.51. The van der Waals surface area contributed by atoms with E-state index < -0.39 is 5.54 Å². The number of ether oxygens (including phenoxy) is 2. The first-order valence-corrected chi connectivity index (χ1v) is 14.1. The number of para-hydroxylation sites is 1. The van der Waals surface area contributed by atoms with E-state index >= 15 is 0 Å². The highest BCUT2D eigenvalue weighted by Gasteiger charge is 2.56. The van der Waals surface area contributed by atoms with Gasteiger partial charge in [-0.25, -0.2) is 4.39 Å². The van der Waals surface area contributed by atoms with E-state index in [0.29, 0.717) is 37.6 Å². The van der Waals surface area contributed by atoms with Crippen molar-refractivity contribution in [2.75, 3.05) is 33.4 Å². The van der Waals surface area contributed by atoms with Crippen molar-refractivity contribution in [3.05, 3.63) is 94.9 Å². The van der Waals surface area contributed by atoms with Crippen LogP contribution in [0, 0.1) is 5.82 Å². The maximum absolute atomic E-state index is 14.2. The number of aromatic amines is 1. The fourth-order valence-electron chi connectivity index (χ4n) is 6.34. The predicted molar refractivity (Wildman–Crippen MR) is 155 cm³/mol. The number of halogens is 1. The molecule has 212 valence electrons. The average Bonchev–Trinajstić information content (AvgIpc) is 3.38. The van der Waals surface area contributed by atoms with Crippen molar-refractivity contribution in [1.82, 2.24) is 14.8 Å². The molecule has 0 bridgehead atoms. The predicted octanol–water partition coefficient (Wildman–Crippen LogP) is 5.38. The largest absolute Gasteiger partial charge is 0.493 e. The van der Waals surface area contributed by atoms with Gasteiger partial charge in [0.15, 0.2) is 17.0 Å². The molecule has 7 nitrogen and oxygen atoms in total. The summed E-state index contributed by atoms with van der Waals surface area (Å²) in [6.45, 7) is 5.15. The molecule has 4 aromatic rings. The van der Waals surface area contributed by atoms with Gasteiger partial charge in [-0.3, -0.25) is 9.59 Å². The van der Waals surface area contributed by atoms with E-state index in [2.05, 4.69) is 18.0 Å². The normalized spacial score (nSPS) is 20.2. The summed E-state index contributed by atoms with van der Waals surface area (Å²) < 4.78 is 25.3. The second-order valence-corrected chi connectivity index (χ2v) is 11.0. The van der Waals surface area contributed by atoms with Gasteiger partial charge < -0.3 is 24.3 Å². The van der Waals surface area contributed by atoms with Crippen LogP contribution in [0.5, 0.6) is 11.5 Å². The zero-order valence-electron chi connectivity index (χ0n) is 23.6. The number of piperazine rings is 1. The van der Waals surface area contributed by atoms with Gasteiger partial charge in [0.1, 0.15) is 5.82 Å². The van der Waals surface area contributed by atoms with Crippen LogP contribution < -0.4 is 9.47 Å². The first kappa shape index (κ1) is 26.9. The summed E-state index contributed by atoms with van der Waals surface area (Å²) in [5, 5.41) is 1.02. The van der Waals surface area contributed by atoms with Crippen LogP contribution in [0.15, 0.2) is 66.7 Å². The van der Waals surface area contributed by atoms with Gasteiger partial charge in [0.2, 0.25) is 5.91 Å². The van der Waals surface area contributed by atoms with Gasteiger partial charge in [-0.05, 0) is 66.8 Å². The Kier molecular flexibility index (Phi) is 6.93. The second kappa shape index (κ2) is 10.6. The maximum atomic E-state index is 14.2. The fourth-order valence-corrected chi connectivity index (χ4v) is 6.34. The Balaban J connectivity index is 1.42. The number of amides is 2. The van der Waals surface area contributed by atoms with E-state index in [1.807, 2.05) is 49.4 Å². The van der Waals surface area contributed by atoms with Crippen LogP contribution in [0.25, 0.3) is 10.9 Å². The molecule has 2 atom stereocenters. The molecule has 1 saturated heterocycles. The minimum atomic E-state index is -1.20. The van der Waals surface area contributed by atoms with Crippen LogP contribution in [0.1, 0.15) is 48.6 Å². The van der Waals surface area contributed by atoms with Crippen molar-refractivity contribution in [2.24, 2.45) is 0 Å². The molecule has 6 rings (SSSR count). The lowest BCUT2D eigenvalue weighted by Crippen LogP contribution is -2.67. The third-order valence-electron chi connectivity index (χ3n) is 8.43. The zero-order chi connectivity index (χ0) is 28.7. The Bertz CT molecular complexity index is 1630. The quantitative estimate of drug-likeness (QED) is 0.317. The number of nitrogens with zero attached hydrogens (tertiary/aromatic N) is 2. The first-order chi connectivity index (χ1) is 19.8. The van der Waals surface area contributed by atoms with Gasteiger partial charge in [0, 0.05) is 29.9 Å². The van der Waals surface area contributed by atoms with E-state index in [0.717, 1.165) is 39.7 Å². The van der Waals surface area contributed by atoms with Gasteiger partial charge in [0.25, 0.3) is 5.91 Å². The SMILES string of the molecule is CCCOc1ccc(C2CN3C(=O)CN(CCc4cccc(F)c4)C(=O)[C@]3(C)c3[nH]c4ccccc4c32)cc1OC. The number of fused-ring (bicyclic) bond motifs is 5. The second-order valence-electron chi connectivity index (χ2n) is 11.0. The molecule has 3 aromatic carbocycles. The summed E-state index contributed by atoms with van der Waals surface area (Å²) in [6.07, 6.45) is 1.34. The highest BCUT2D eigenvalue weighted by atomic mass is 19.1. The Morgan fingerprint density at radius 3 is 2.66 bits per heavy atom. The minimum Gasteiger partial charge on any atom is -0.493 e. The molecule has 41 heavy (non-hydrogen) atoms. The van der Waals surface area contributed by atoms with Gasteiger partial charge in [-0.2, -0.15) is 0 Å². The molecule has 2 aliphatic heterocycles. The van der Waals surface area contributed by atoms with Crippen molar-refractivity contribution in [3.8, 4) is 11.5 Å². The molecule has 0 radical (unpaired) electrons. The first-order valence-electron chi connectivity index (χ1n) is 14.1. The van der Waals surface area contributed by atoms with Crippen molar-refractivity contribution < 1.29 is 23.5 Å². The van der Waals surface area contributed by atoms with Crippen molar-refractivity contribution in [2.45, 2.75) is 38.1 Å². The van der Waals surface area contributed by atoms with Crippen LogP contribution in [0.3, 0.4) is 0 Å². The summed E-state index contributed by atoms with van der Waals surface area (Å²) in [4.78, 5) is 34.9. The number of aromatic nitrogens is 1. The number of carbonyl (C=O) groups is 2. The molecular formula is C33H34FN3O4. The summed E-state index contributed by atoms with van der Waals surface area (Å²) in [6, 6.07) is 20.3. The highest BCUT2D eigenvalue weighted by molar-refractivity contribution is 6.01. The van der Waals surface area contributed by atoms with E-state index in [9.17, 15) is 14.0 Å². The van der Waals surface area contributed by atoms with E-state index in [1.54, 1.807) is 23.0 Å². The van der Waals surface area contributed by atoms with Crippen LogP contribution in [0.2, 0.25) is 0 Å². The summed E-state index contributed by atoms with van der Waals surface area (Å²) in [5.41, 5.74) is 3.22. The molecule has 0 aliphatic carbocycles. The standard InChI is InChI=1S/C33H34FN3O4/c1-4-16-41-27-13-12-22(18-28(27)40-3)25-19-37-29(38)20-36(15-14-21-8-7-9-23(34)17-21)32(39)33(37,2)31-30(25)24-10-5-6-11-26(24)35-31/h5-13,17-18,25,35H,4,14-16,19-20H2,1-3H3/t25?,33-/m0/s1. The maximum Gasteiger partial charge on any atom is 0.254 e. The third kappa shape index (κ3) is 4.51. The molecule has 2 amide bonds. The molecule has 0 spiro atoms. The number of rotatable bonds is 8. The van der Waals surface area contributed by atoms with E-state index in [1.165, 1.54) is 12.1 Å². The number of H-pyrrole nitrogens is 1. The number of nitrogens with one attached hydrogen (secondary N) is 1. The number of benzene rings is 3. The van der Waals surface area contributed by atoms with Crippen LogP contribution in [-0.2, 0) is 21.5 Å². The molecule has 1 N–H and O–H groups in total. The van der Waals surface area contributed by atoms with Crippen molar-refractivity contribution >= 4 is 22.7 Å². The Morgan fingerprint density at radius 2 is 1.88 bits per heavy atom. The molecule has 8 heteroatoms. The van der Waals surface area contributed by atoms with Gasteiger partial charge in [0.05, 0.1) is 26.0 Å². The number of methoxy groups -OCH3 is 1. The molecule has 2 aliphatic rings. The lowest BCUT2D eigenvalue weighted by atomic mass is 9.76. The van der Waals surface area contributed by atoms with E-state index in [4.69, 9.17) is 9.47 Å². The van der Waals surface area contributed by atoms with Crippen LogP contribution >= 0.6 is 0 Å². The molecule has 0 saturated carbocycles. The number of hydrogen-bond donors (Lipinski definition) is 1. The van der Waals surface area contributed by atoms with Crippen molar-refractivity contribution in [1.29, 1.82) is 0 Å². The third-order valence-corrected chi connectivity index (χ3v) is 8.43. The lowest BCUT2D eigenvalue weighted by molar-refractivity contribution is -0.166. The van der Waals surface area contributed by atoms with Crippen LogP contribution in [-0.4, -0.2) is 59.9 Å². The summed E-state index contributed by atoms with van der Waals surface area (Å²) in [7, 11) is 1.62. The van der Waals surface area contributed by atoms with E-state index in [-0.39, 0.29) is 30.1 Å². The topological polar surface area (TPSA) is 74.9 Å². The smallest absolute Gasteiger partial charge is 0.254 e. The molecule has 1 fully saturated rings. The Morgan fingerprint density at radius 1 is 1.05 bits per heavy atom. The van der Waals surface area contributed by atoms with Crippen LogP contribution in [0.4, 0.5) is 4.39 Å². The Hall–Kier alpha value is -4.33. The van der Waals surface area contributed by atoms with Crippen molar-refractivity contribution in [3.63, 3.8) is 0 Å². The summed E-state index contributed by atoms with van der Waals surface area (Å²) >= 11 is 0.